The van der Waals surface area contributed by atoms with Crippen molar-refractivity contribution in [3.63, 3.8) is 0 Å². The van der Waals surface area contributed by atoms with Crippen molar-refractivity contribution in [3.8, 4) is 5.75 Å². The van der Waals surface area contributed by atoms with Gasteiger partial charge in [0.1, 0.15) is 5.75 Å². The molecule has 138 valence electrons. The van der Waals surface area contributed by atoms with Crippen LogP contribution < -0.4 is 10.1 Å². The summed E-state index contributed by atoms with van der Waals surface area (Å²) in [7, 11) is 1.61. The Morgan fingerprint density at radius 2 is 2.00 bits per heavy atom. The van der Waals surface area contributed by atoms with Gasteiger partial charge in [-0.2, -0.15) is 0 Å². The highest BCUT2D eigenvalue weighted by atomic mass is 16.5. The Balaban J connectivity index is 1.27. The highest BCUT2D eigenvalue weighted by molar-refractivity contribution is 5.94. The molecule has 1 amide bonds. The fraction of sp³-hybridized carbons (Fsp3) is 0.526. The van der Waals surface area contributed by atoms with E-state index < -0.39 is 0 Å². The number of benzene rings is 1. The third kappa shape index (κ3) is 3.88. The predicted molar refractivity (Wildman–Crippen MR) is 95.9 cm³/mol. The van der Waals surface area contributed by atoms with Gasteiger partial charge in [-0.1, -0.05) is 12.1 Å². The van der Waals surface area contributed by atoms with Gasteiger partial charge in [0, 0.05) is 11.8 Å². The number of rotatable bonds is 6. The van der Waals surface area contributed by atoms with E-state index in [1.165, 1.54) is 0 Å². The van der Waals surface area contributed by atoms with Gasteiger partial charge in [0.05, 0.1) is 19.3 Å². The molecule has 0 unspecified atom stereocenters. The number of nitrogens with one attached hydrogen (secondary N) is 1. The number of hydrogen-bond acceptors (Lipinski definition) is 6. The zero-order valence-corrected chi connectivity index (χ0v) is 15.0. The van der Waals surface area contributed by atoms with Crippen LogP contribution in [0.5, 0.6) is 5.75 Å². The number of likely N-dealkylation sites (tertiary alicyclic amines) is 1. The van der Waals surface area contributed by atoms with Crippen LogP contribution in [-0.2, 0) is 11.3 Å². The summed E-state index contributed by atoms with van der Waals surface area (Å²) in [6.07, 6.45) is 3.97. The molecule has 2 aliphatic rings. The Labute approximate surface area is 152 Å². The number of nitrogens with zero attached hydrogens (tertiary/aromatic N) is 3. The topological polar surface area (TPSA) is 80.5 Å². The summed E-state index contributed by atoms with van der Waals surface area (Å²) < 4.78 is 11.0. The van der Waals surface area contributed by atoms with E-state index in [0.717, 1.165) is 50.4 Å². The maximum atomic E-state index is 12.6. The number of carbonyl (C=O) groups is 1. The average Bonchev–Trinajstić information content (AvgIpc) is 3.42. The molecule has 1 aliphatic carbocycles. The Bertz CT molecular complexity index is 764. The zero-order valence-electron chi connectivity index (χ0n) is 15.0. The van der Waals surface area contributed by atoms with Crippen LogP contribution in [0.4, 0.5) is 5.69 Å². The molecule has 4 rings (SSSR count). The Hall–Kier alpha value is -2.41. The molecule has 7 heteroatoms. The lowest BCUT2D eigenvalue weighted by Crippen LogP contribution is -2.37. The summed E-state index contributed by atoms with van der Waals surface area (Å²) in [5.41, 5.74) is 0.723. The van der Waals surface area contributed by atoms with Gasteiger partial charge in [-0.05, 0) is 50.9 Å². The monoisotopic (exact) mass is 356 g/mol. The van der Waals surface area contributed by atoms with Crippen LogP contribution in [0.1, 0.15) is 43.4 Å². The van der Waals surface area contributed by atoms with Gasteiger partial charge in [0.15, 0.2) is 0 Å². The van der Waals surface area contributed by atoms with Gasteiger partial charge < -0.3 is 14.5 Å². The van der Waals surface area contributed by atoms with Crippen LogP contribution in [-0.4, -0.2) is 41.2 Å². The first-order valence-corrected chi connectivity index (χ1v) is 9.21. The molecule has 1 saturated carbocycles. The summed E-state index contributed by atoms with van der Waals surface area (Å²) in [6, 6.07) is 7.48. The van der Waals surface area contributed by atoms with Crippen LogP contribution >= 0.6 is 0 Å². The van der Waals surface area contributed by atoms with Crippen LogP contribution in [0.25, 0.3) is 0 Å². The van der Waals surface area contributed by atoms with Crippen molar-refractivity contribution >= 4 is 11.6 Å². The smallest absolute Gasteiger partial charge is 0.230 e. The van der Waals surface area contributed by atoms with E-state index in [1.54, 1.807) is 7.11 Å². The largest absolute Gasteiger partial charge is 0.495 e. The second-order valence-corrected chi connectivity index (χ2v) is 7.05. The SMILES string of the molecule is COc1ccccc1NC(=O)C1CCN(Cc2nnc(C3CC3)o2)CC1. The van der Waals surface area contributed by atoms with Crippen molar-refractivity contribution in [1.82, 2.24) is 15.1 Å². The molecule has 0 bridgehead atoms. The number of methoxy groups -OCH3 is 1. The van der Waals surface area contributed by atoms with Crippen LogP contribution in [0, 0.1) is 5.92 Å². The number of carbonyl (C=O) groups excluding carboxylic acids is 1. The lowest BCUT2D eigenvalue weighted by Gasteiger charge is -2.30. The average molecular weight is 356 g/mol. The van der Waals surface area contributed by atoms with E-state index in [9.17, 15) is 4.79 Å². The molecule has 1 N–H and O–H groups in total. The van der Waals surface area contributed by atoms with E-state index in [1.807, 2.05) is 24.3 Å². The molecule has 7 nitrogen and oxygen atoms in total. The summed E-state index contributed by atoms with van der Waals surface area (Å²) in [5, 5.41) is 11.3. The Morgan fingerprint density at radius 3 is 2.73 bits per heavy atom. The van der Waals surface area contributed by atoms with Crippen molar-refractivity contribution in [2.45, 2.75) is 38.1 Å². The maximum Gasteiger partial charge on any atom is 0.230 e. The second-order valence-electron chi connectivity index (χ2n) is 7.05. The number of ether oxygens (including phenoxy) is 1. The van der Waals surface area contributed by atoms with Gasteiger partial charge in [-0.25, -0.2) is 0 Å². The van der Waals surface area contributed by atoms with Gasteiger partial charge in [0.25, 0.3) is 0 Å². The van der Waals surface area contributed by atoms with Gasteiger partial charge in [-0.15, -0.1) is 10.2 Å². The van der Waals surface area contributed by atoms with Crippen molar-refractivity contribution in [1.29, 1.82) is 0 Å². The minimum Gasteiger partial charge on any atom is -0.495 e. The van der Waals surface area contributed by atoms with E-state index in [4.69, 9.17) is 9.15 Å². The summed E-state index contributed by atoms with van der Waals surface area (Å²) in [4.78, 5) is 14.8. The zero-order chi connectivity index (χ0) is 17.9. The maximum absolute atomic E-state index is 12.6. The van der Waals surface area contributed by atoms with Gasteiger partial charge >= 0.3 is 0 Å². The second kappa shape index (κ2) is 7.45. The number of amides is 1. The molecule has 0 atom stereocenters. The van der Waals surface area contributed by atoms with E-state index in [-0.39, 0.29) is 11.8 Å². The van der Waals surface area contributed by atoms with Crippen molar-refractivity contribution in [2.75, 3.05) is 25.5 Å². The van der Waals surface area contributed by atoms with E-state index in [0.29, 0.717) is 24.1 Å². The molecular formula is C19H24N4O3. The molecule has 1 saturated heterocycles. The molecular weight excluding hydrogens is 332 g/mol. The molecule has 0 radical (unpaired) electrons. The van der Waals surface area contributed by atoms with Crippen molar-refractivity contribution < 1.29 is 13.9 Å². The number of aromatic nitrogens is 2. The Kier molecular flexibility index (Phi) is 4.88. The van der Waals surface area contributed by atoms with Crippen LogP contribution in [0.15, 0.2) is 28.7 Å². The normalized spacial score (nSPS) is 18.7. The first-order valence-electron chi connectivity index (χ1n) is 9.21. The molecule has 2 aromatic rings. The molecule has 1 aliphatic heterocycles. The highest BCUT2D eigenvalue weighted by Gasteiger charge is 2.30. The number of hydrogen-bond donors (Lipinski definition) is 1. The third-order valence-corrected chi connectivity index (χ3v) is 5.09. The highest BCUT2D eigenvalue weighted by Crippen LogP contribution is 2.39. The van der Waals surface area contributed by atoms with Crippen LogP contribution in [0.2, 0.25) is 0 Å². The Morgan fingerprint density at radius 1 is 1.23 bits per heavy atom. The third-order valence-electron chi connectivity index (χ3n) is 5.09. The van der Waals surface area contributed by atoms with E-state index in [2.05, 4.69) is 20.4 Å². The predicted octanol–water partition coefficient (Wildman–Crippen LogP) is 2.81. The lowest BCUT2D eigenvalue weighted by atomic mass is 9.96. The standard InChI is InChI=1S/C19H24N4O3/c1-25-16-5-3-2-4-15(16)20-18(24)13-8-10-23(11-9-13)12-17-21-22-19(26-17)14-6-7-14/h2-5,13-14H,6-12H2,1H3,(H,20,24). The fourth-order valence-electron chi connectivity index (χ4n) is 3.35. The summed E-state index contributed by atoms with van der Waals surface area (Å²) in [5.74, 6) is 2.71. The summed E-state index contributed by atoms with van der Waals surface area (Å²) in [6.45, 7) is 2.37. The fourth-order valence-corrected chi connectivity index (χ4v) is 3.35. The summed E-state index contributed by atoms with van der Waals surface area (Å²) >= 11 is 0. The van der Waals surface area contributed by atoms with E-state index >= 15 is 0 Å². The first-order chi connectivity index (χ1) is 12.7. The lowest BCUT2D eigenvalue weighted by molar-refractivity contribution is -0.121. The number of para-hydroxylation sites is 2. The number of anilines is 1. The van der Waals surface area contributed by atoms with Crippen molar-refractivity contribution in [2.24, 2.45) is 5.92 Å². The van der Waals surface area contributed by atoms with Gasteiger partial charge in [0.2, 0.25) is 17.7 Å². The van der Waals surface area contributed by atoms with Crippen molar-refractivity contribution in [3.05, 3.63) is 36.0 Å². The molecule has 2 fully saturated rings. The molecule has 26 heavy (non-hydrogen) atoms. The molecule has 1 aromatic carbocycles. The number of piperidine rings is 1. The molecule has 0 spiro atoms. The minimum absolute atomic E-state index is 0.0147. The first kappa shape index (κ1) is 17.0. The van der Waals surface area contributed by atoms with Gasteiger partial charge in [-0.3, -0.25) is 9.69 Å². The quantitative estimate of drug-likeness (QED) is 0.857. The molecule has 1 aromatic heterocycles. The minimum atomic E-state index is 0.0147. The van der Waals surface area contributed by atoms with Crippen LogP contribution in [0.3, 0.4) is 0 Å². The molecule has 2 heterocycles.